The SMILES string of the molecule is [B][C@@H]1O[C@@]2(CO)CC(=C)[C@@H]1[C@H]2O[I-]I. The third kappa shape index (κ3) is 1.57. The van der Waals surface area contributed by atoms with Crippen LogP contribution in [0.4, 0.5) is 0 Å². The molecule has 2 aliphatic rings. The Morgan fingerprint density at radius 1 is 1.86 bits per heavy atom. The third-order valence-corrected chi connectivity index (χ3v) is 4.99. The van der Waals surface area contributed by atoms with E-state index in [1.807, 2.05) is 0 Å². The summed E-state index contributed by atoms with van der Waals surface area (Å²) >= 11 is 1.93. The van der Waals surface area contributed by atoms with Gasteiger partial charge >= 0.3 is 106 Å². The molecule has 2 radical (unpaired) electrons. The van der Waals surface area contributed by atoms with E-state index in [2.05, 4.69) is 25.2 Å². The van der Waals surface area contributed by atoms with E-state index in [-0.39, 0.29) is 42.3 Å². The van der Waals surface area contributed by atoms with Crippen LogP contribution in [0.25, 0.3) is 0 Å². The van der Waals surface area contributed by atoms with Crippen molar-refractivity contribution in [3.63, 3.8) is 0 Å². The number of fused-ring (bicyclic) bond motifs is 2. The quantitative estimate of drug-likeness (QED) is 0.314. The molecule has 1 aliphatic carbocycles. The summed E-state index contributed by atoms with van der Waals surface area (Å²) in [5.74, 6) is 0.0663. The molecular formula is C8H10BI2O3-. The maximum absolute atomic E-state index is 9.38. The van der Waals surface area contributed by atoms with Gasteiger partial charge in [0.1, 0.15) is 0 Å². The summed E-state index contributed by atoms with van der Waals surface area (Å²) in [6.07, 6.45) is 0.590. The molecule has 0 amide bonds. The monoisotopic (exact) mass is 419 g/mol. The van der Waals surface area contributed by atoms with E-state index < -0.39 is 5.60 Å². The molecule has 1 N–H and O–H groups in total. The van der Waals surface area contributed by atoms with Crippen LogP contribution in [0.5, 0.6) is 0 Å². The number of halogens is 2. The van der Waals surface area contributed by atoms with E-state index in [0.717, 1.165) is 5.57 Å². The molecule has 1 saturated carbocycles. The molecule has 0 aromatic carbocycles. The second-order valence-electron chi connectivity index (χ2n) is 3.73. The van der Waals surface area contributed by atoms with Crippen LogP contribution in [0.1, 0.15) is 6.42 Å². The average molecular weight is 419 g/mol. The summed E-state index contributed by atoms with van der Waals surface area (Å²) in [6, 6.07) is -0.361. The maximum atomic E-state index is 9.38. The van der Waals surface area contributed by atoms with Crippen LogP contribution in [-0.4, -0.2) is 37.3 Å². The zero-order valence-corrected chi connectivity index (χ0v) is 11.8. The van der Waals surface area contributed by atoms with Gasteiger partial charge in [-0.3, -0.25) is 0 Å². The van der Waals surface area contributed by atoms with Gasteiger partial charge in [0.15, 0.2) is 0 Å². The molecular weight excluding hydrogens is 409 g/mol. The van der Waals surface area contributed by atoms with Crippen molar-refractivity contribution in [2.24, 2.45) is 5.92 Å². The first-order valence-corrected chi connectivity index (χ1v) is 11.4. The topological polar surface area (TPSA) is 38.7 Å². The van der Waals surface area contributed by atoms with Crippen LogP contribution < -0.4 is 17.6 Å². The Bertz CT molecular complexity index is 263. The molecule has 0 aromatic heterocycles. The molecule has 14 heavy (non-hydrogen) atoms. The summed E-state index contributed by atoms with van der Waals surface area (Å²) in [6.45, 7) is 3.93. The van der Waals surface area contributed by atoms with Crippen LogP contribution >= 0.6 is 18.6 Å². The van der Waals surface area contributed by atoms with Gasteiger partial charge in [-0.1, -0.05) is 0 Å². The molecule has 3 nitrogen and oxygen atoms in total. The second-order valence-corrected chi connectivity index (χ2v) is 6.81. The zero-order valence-electron chi connectivity index (χ0n) is 7.45. The van der Waals surface area contributed by atoms with E-state index in [0.29, 0.717) is 6.42 Å². The molecule has 1 heterocycles. The van der Waals surface area contributed by atoms with Gasteiger partial charge in [-0.2, -0.15) is 0 Å². The first-order valence-electron chi connectivity index (χ1n) is 4.28. The van der Waals surface area contributed by atoms with Crippen molar-refractivity contribution in [1.82, 2.24) is 0 Å². The summed E-state index contributed by atoms with van der Waals surface area (Å²) < 4.78 is 11.3. The van der Waals surface area contributed by atoms with Gasteiger partial charge in [0.25, 0.3) is 0 Å². The Morgan fingerprint density at radius 3 is 3.07 bits per heavy atom. The minimum atomic E-state index is -0.605. The molecule has 2 fully saturated rings. The molecule has 1 saturated heterocycles. The van der Waals surface area contributed by atoms with Gasteiger partial charge in [0.05, 0.1) is 0 Å². The van der Waals surface area contributed by atoms with Crippen molar-refractivity contribution in [3.05, 3.63) is 12.2 Å². The van der Waals surface area contributed by atoms with Gasteiger partial charge < -0.3 is 0 Å². The van der Waals surface area contributed by atoms with Crippen LogP contribution in [0.2, 0.25) is 0 Å². The predicted octanol–water partition coefficient (Wildman–Crippen LogP) is -2.44. The van der Waals surface area contributed by atoms with Gasteiger partial charge in [-0.15, -0.1) is 0 Å². The fourth-order valence-electron chi connectivity index (χ4n) is 2.36. The van der Waals surface area contributed by atoms with Gasteiger partial charge in [-0.25, -0.2) is 0 Å². The van der Waals surface area contributed by atoms with Gasteiger partial charge in [-0.05, 0) is 0 Å². The summed E-state index contributed by atoms with van der Waals surface area (Å²) in [7, 11) is 5.83. The number of aliphatic hydroxyl groups excluding tert-OH is 1. The van der Waals surface area contributed by atoms with Crippen molar-refractivity contribution in [1.29, 1.82) is 0 Å². The molecule has 0 aromatic rings. The zero-order chi connectivity index (χ0) is 10.3. The molecule has 4 atom stereocenters. The molecule has 78 valence electrons. The number of aliphatic hydroxyl groups is 1. The third-order valence-electron chi connectivity index (χ3n) is 2.96. The normalized spacial score (nSPS) is 46.4. The number of rotatable bonds is 3. The first kappa shape index (κ1) is 11.6. The van der Waals surface area contributed by atoms with Gasteiger partial charge in [0.2, 0.25) is 0 Å². The predicted molar refractivity (Wildman–Crippen MR) is 56.6 cm³/mol. The fourth-order valence-corrected chi connectivity index (χ4v) is 4.73. The minimum absolute atomic E-state index is 0.0404. The van der Waals surface area contributed by atoms with Crippen molar-refractivity contribution in [2.45, 2.75) is 24.1 Å². The Labute approximate surface area is 105 Å². The molecule has 2 rings (SSSR count). The second kappa shape index (κ2) is 4.19. The number of hydrogen-bond donors (Lipinski definition) is 1. The van der Waals surface area contributed by atoms with E-state index in [1.165, 1.54) is 0 Å². The standard InChI is InChI=1S/C8H10BI2O3/c1-4-2-8(3-12)6(14-11-10)5(4)7(9)13-8/h5-7,12H,1-3H2/q-1/t5-,6-,7-,8-/m1/s1. The Kier molecular flexibility index (Phi) is 3.48. The van der Waals surface area contributed by atoms with Crippen LogP contribution in [0.3, 0.4) is 0 Å². The summed E-state index contributed by atoms with van der Waals surface area (Å²) in [4.78, 5) is 0. The molecule has 2 bridgehead atoms. The van der Waals surface area contributed by atoms with E-state index in [4.69, 9.17) is 15.6 Å². The van der Waals surface area contributed by atoms with Crippen LogP contribution in [-0.2, 0) is 7.80 Å². The molecule has 1 aliphatic heterocycles. The van der Waals surface area contributed by atoms with E-state index in [9.17, 15) is 5.11 Å². The van der Waals surface area contributed by atoms with E-state index in [1.54, 1.807) is 0 Å². The van der Waals surface area contributed by atoms with E-state index >= 15 is 0 Å². The van der Waals surface area contributed by atoms with Crippen LogP contribution in [0.15, 0.2) is 12.2 Å². The Hall–Kier alpha value is 1.14. The number of ether oxygens (including phenoxy) is 1. The molecule has 0 unspecified atom stereocenters. The number of hydrogen-bond acceptors (Lipinski definition) is 3. The van der Waals surface area contributed by atoms with Crippen molar-refractivity contribution >= 4 is 26.5 Å². The van der Waals surface area contributed by atoms with Crippen LogP contribution in [0, 0.1) is 5.92 Å². The molecule has 0 spiro atoms. The molecule has 6 heteroatoms. The fraction of sp³-hybridized carbons (Fsp3) is 0.750. The van der Waals surface area contributed by atoms with Crippen molar-refractivity contribution in [3.8, 4) is 0 Å². The average Bonchev–Trinajstić information content (AvgIpc) is 2.54. The van der Waals surface area contributed by atoms with Crippen molar-refractivity contribution < 1.29 is 30.6 Å². The first-order chi connectivity index (χ1) is 6.64. The summed E-state index contributed by atoms with van der Waals surface area (Å²) in [5.41, 5.74) is 0.447. The Balaban J connectivity index is 2.27. The Morgan fingerprint density at radius 2 is 2.57 bits per heavy atom. The van der Waals surface area contributed by atoms with Gasteiger partial charge in [0, 0.05) is 0 Å². The van der Waals surface area contributed by atoms with Crippen molar-refractivity contribution in [2.75, 3.05) is 6.61 Å². The summed E-state index contributed by atoms with van der Waals surface area (Å²) in [5, 5.41) is 9.38.